The van der Waals surface area contributed by atoms with Gasteiger partial charge in [0.05, 0.1) is 5.56 Å². The largest absolute Gasteiger partial charge is 0.444 e. The van der Waals surface area contributed by atoms with Gasteiger partial charge in [-0.05, 0) is 18.2 Å². The molecule has 0 spiro atoms. The third-order valence-corrected chi connectivity index (χ3v) is 2.05. The van der Waals surface area contributed by atoms with E-state index in [4.69, 9.17) is 4.42 Å². The first-order valence-electron chi connectivity index (χ1n) is 4.52. The van der Waals surface area contributed by atoms with Gasteiger partial charge in [0.2, 0.25) is 5.89 Å². The summed E-state index contributed by atoms with van der Waals surface area (Å²) in [5.41, 5.74) is -0.733. The molecule has 2 aromatic rings. The number of hydrogen-bond donors (Lipinski definition) is 0. The van der Waals surface area contributed by atoms with E-state index in [1.807, 2.05) is 0 Å². The smallest absolute Gasteiger partial charge is 0.416 e. The van der Waals surface area contributed by atoms with Gasteiger partial charge in [-0.3, -0.25) is 4.79 Å². The van der Waals surface area contributed by atoms with Crippen molar-refractivity contribution < 1.29 is 22.4 Å². The molecule has 0 aliphatic rings. The molecule has 0 N–H and O–H groups in total. The van der Waals surface area contributed by atoms with Crippen molar-refractivity contribution in [3.63, 3.8) is 0 Å². The van der Waals surface area contributed by atoms with Crippen LogP contribution in [-0.4, -0.2) is 11.3 Å². The van der Waals surface area contributed by atoms with Crippen LogP contribution in [0.2, 0.25) is 0 Å². The second-order valence-corrected chi connectivity index (χ2v) is 3.22. The van der Waals surface area contributed by atoms with Crippen molar-refractivity contribution in [1.29, 1.82) is 0 Å². The van der Waals surface area contributed by atoms with Crippen molar-refractivity contribution in [2.45, 2.75) is 6.18 Å². The lowest BCUT2D eigenvalue weighted by molar-refractivity contribution is -0.137. The van der Waals surface area contributed by atoms with Gasteiger partial charge >= 0.3 is 6.18 Å². The predicted octanol–water partition coefficient (Wildman–Crippen LogP) is 2.82. The van der Waals surface area contributed by atoms with Crippen LogP contribution in [0.15, 0.2) is 34.9 Å². The van der Waals surface area contributed by atoms with E-state index in [0.717, 1.165) is 18.4 Å². The third kappa shape index (κ3) is 2.35. The van der Waals surface area contributed by atoms with Crippen LogP contribution in [0.5, 0.6) is 0 Å². The summed E-state index contributed by atoms with van der Waals surface area (Å²) in [5, 5.41) is 0. The molecule has 0 bridgehead atoms. The number of benzene rings is 1. The molecule has 87 valence electrons. The standard InChI is InChI=1S/C11H5F3NO2/c12-11(13,14)8-3-1-2-7(4-8)10-15-9(5-16)6-17-10/h1-4,6H. The first-order chi connectivity index (χ1) is 8.00. The molecule has 0 fully saturated rings. The summed E-state index contributed by atoms with van der Waals surface area (Å²) in [6.45, 7) is 0. The summed E-state index contributed by atoms with van der Waals surface area (Å²) in [4.78, 5) is 13.9. The maximum Gasteiger partial charge on any atom is 0.416 e. The van der Waals surface area contributed by atoms with Gasteiger partial charge in [-0.1, -0.05) is 6.07 Å². The fourth-order valence-electron chi connectivity index (χ4n) is 1.28. The lowest BCUT2D eigenvalue weighted by Crippen LogP contribution is -2.04. The third-order valence-electron chi connectivity index (χ3n) is 2.05. The Bertz CT molecular complexity index is 546. The quantitative estimate of drug-likeness (QED) is 0.810. The fraction of sp³-hybridized carbons (Fsp3) is 0.0909. The molecule has 0 aliphatic heterocycles. The molecule has 17 heavy (non-hydrogen) atoms. The summed E-state index contributed by atoms with van der Waals surface area (Å²) < 4.78 is 42.2. The number of rotatable bonds is 2. The normalized spacial score (nSPS) is 11.5. The first kappa shape index (κ1) is 11.4. The van der Waals surface area contributed by atoms with Crippen molar-refractivity contribution in [3.05, 3.63) is 41.8 Å². The van der Waals surface area contributed by atoms with E-state index < -0.39 is 11.7 Å². The van der Waals surface area contributed by atoms with Gasteiger partial charge in [-0.2, -0.15) is 13.2 Å². The van der Waals surface area contributed by atoms with E-state index in [-0.39, 0.29) is 17.1 Å². The Balaban J connectivity index is 2.42. The summed E-state index contributed by atoms with van der Waals surface area (Å²) in [7, 11) is 0. The van der Waals surface area contributed by atoms with Gasteiger partial charge in [-0.25, -0.2) is 4.98 Å². The molecule has 0 atom stereocenters. The Morgan fingerprint density at radius 2 is 2.06 bits per heavy atom. The highest BCUT2D eigenvalue weighted by atomic mass is 19.4. The van der Waals surface area contributed by atoms with E-state index in [0.29, 0.717) is 0 Å². The number of halogens is 3. The van der Waals surface area contributed by atoms with E-state index in [1.165, 1.54) is 18.4 Å². The summed E-state index contributed by atoms with van der Waals surface area (Å²) in [6, 6.07) is 4.50. The second-order valence-electron chi connectivity index (χ2n) is 3.22. The molecular formula is C11H5F3NO2. The van der Waals surface area contributed by atoms with Crippen LogP contribution in [0, 0.1) is 0 Å². The summed E-state index contributed by atoms with van der Waals surface area (Å²) in [5.74, 6) is -0.0468. The second kappa shape index (κ2) is 4.04. The molecule has 1 aromatic heterocycles. The number of carbonyl (C=O) groups excluding carboxylic acids is 1. The fourth-order valence-corrected chi connectivity index (χ4v) is 1.28. The zero-order valence-corrected chi connectivity index (χ0v) is 8.28. The Morgan fingerprint density at radius 1 is 1.29 bits per heavy atom. The summed E-state index contributed by atoms with van der Waals surface area (Å²) >= 11 is 0. The summed E-state index contributed by atoms with van der Waals surface area (Å²) in [6.07, 6.45) is -1.91. The Labute approximate surface area is 93.9 Å². The van der Waals surface area contributed by atoms with Crippen molar-refractivity contribution in [1.82, 2.24) is 4.98 Å². The molecule has 1 aromatic carbocycles. The van der Waals surface area contributed by atoms with E-state index >= 15 is 0 Å². The molecule has 1 heterocycles. The number of alkyl halides is 3. The molecule has 2 rings (SSSR count). The molecule has 0 saturated carbocycles. The van der Waals surface area contributed by atoms with E-state index in [2.05, 4.69) is 4.98 Å². The van der Waals surface area contributed by atoms with Crippen LogP contribution >= 0.6 is 0 Å². The number of nitrogens with zero attached hydrogens (tertiary/aromatic N) is 1. The first-order valence-corrected chi connectivity index (χ1v) is 4.52. The minimum Gasteiger partial charge on any atom is -0.444 e. The highest BCUT2D eigenvalue weighted by molar-refractivity contribution is 5.73. The van der Waals surface area contributed by atoms with E-state index in [1.54, 1.807) is 0 Å². The topological polar surface area (TPSA) is 43.1 Å². The molecular weight excluding hydrogens is 235 g/mol. The molecule has 0 amide bonds. The zero-order valence-electron chi connectivity index (χ0n) is 8.28. The molecule has 0 unspecified atom stereocenters. The highest BCUT2D eigenvalue weighted by Gasteiger charge is 2.30. The average molecular weight is 240 g/mol. The predicted molar refractivity (Wildman–Crippen MR) is 51.7 cm³/mol. The van der Waals surface area contributed by atoms with Crippen LogP contribution in [-0.2, 0) is 11.0 Å². The molecule has 3 nitrogen and oxygen atoms in total. The molecule has 0 saturated heterocycles. The lowest BCUT2D eigenvalue weighted by Gasteiger charge is -2.06. The van der Waals surface area contributed by atoms with Crippen molar-refractivity contribution in [3.8, 4) is 11.5 Å². The maximum absolute atomic E-state index is 12.4. The van der Waals surface area contributed by atoms with Gasteiger partial charge < -0.3 is 4.42 Å². The highest BCUT2D eigenvalue weighted by Crippen LogP contribution is 2.31. The van der Waals surface area contributed by atoms with Crippen LogP contribution < -0.4 is 0 Å². The number of hydrogen-bond acceptors (Lipinski definition) is 3. The number of aromatic nitrogens is 1. The SMILES string of the molecule is O=[C]c1coc(-c2cccc(C(F)(F)F)c2)n1. The van der Waals surface area contributed by atoms with Gasteiger partial charge in [-0.15, -0.1) is 0 Å². The monoisotopic (exact) mass is 240 g/mol. The van der Waals surface area contributed by atoms with Crippen molar-refractivity contribution >= 4 is 6.29 Å². The van der Waals surface area contributed by atoms with Crippen LogP contribution in [0.25, 0.3) is 11.5 Å². The van der Waals surface area contributed by atoms with Gasteiger partial charge in [0.1, 0.15) is 6.26 Å². The Hall–Kier alpha value is -2.11. The van der Waals surface area contributed by atoms with Crippen LogP contribution in [0.4, 0.5) is 13.2 Å². The zero-order chi connectivity index (χ0) is 12.5. The van der Waals surface area contributed by atoms with Crippen molar-refractivity contribution in [2.75, 3.05) is 0 Å². The van der Waals surface area contributed by atoms with Crippen LogP contribution in [0.1, 0.15) is 11.3 Å². The molecule has 0 aliphatic carbocycles. The maximum atomic E-state index is 12.4. The van der Waals surface area contributed by atoms with Gasteiger partial charge in [0.25, 0.3) is 6.29 Å². The van der Waals surface area contributed by atoms with E-state index in [9.17, 15) is 18.0 Å². The van der Waals surface area contributed by atoms with Crippen molar-refractivity contribution in [2.24, 2.45) is 0 Å². The minimum absolute atomic E-state index is 0.0468. The lowest BCUT2D eigenvalue weighted by atomic mass is 10.1. The Kier molecular flexibility index (Phi) is 2.71. The van der Waals surface area contributed by atoms with Gasteiger partial charge in [0.15, 0.2) is 5.69 Å². The Morgan fingerprint density at radius 3 is 2.65 bits per heavy atom. The average Bonchev–Trinajstić information content (AvgIpc) is 2.76. The van der Waals surface area contributed by atoms with Crippen LogP contribution in [0.3, 0.4) is 0 Å². The van der Waals surface area contributed by atoms with Gasteiger partial charge in [0, 0.05) is 5.56 Å². The molecule has 1 radical (unpaired) electrons. The minimum atomic E-state index is -4.43. The number of oxazole rings is 1. The molecule has 6 heteroatoms.